The number of nitrogens with zero attached hydrogens (tertiary/aromatic N) is 4. The Kier molecular flexibility index (Phi) is 3.53. The van der Waals surface area contributed by atoms with Crippen molar-refractivity contribution >= 4 is 32.9 Å². The van der Waals surface area contributed by atoms with Crippen LogP contribution >= 0.6 is 11.3 Å². The molecule has 1 aromatic carbocycles. The van der Waals surface area contributed by atoms with Gasteiger partial charge >= 0.3 is 5.69 Å². The average Bonchev–Trinajstić information content (AvgIpc) is 3.07. The Bertz CT molecular complexity index is 795. The van der Waals surface area contributed by atoms with Crippen LogP contribution in [0.15, 0.2) is 30.0 Å². The van der Waals surface area contributed by atoms with Crippen molar-refractivity contribution in [2.75, 3.05) is 11.9 Å². The normalized spacial score (nSPS) is 10.9. The van der Waals surface area contributed by atoms with Gasteiger partial charge in [0.25, 0.3) is 0 Å². The van der Waals surface area contributed by atoms with E-state index in [1.807, 2.05) is 23.9 Å². The maximum absolute atomic E-state index is 11.3. The van der Waals surface area contributed by atoms with E-state index in [0.717, 1.165) is 10.5 Å². The third-order valence-electron chi connectivity index (χ3n) is 3.24. The fourth-order valence-corrected chi connectivity index (χ4v) is 2.87. The summed E-state index contributed by atoms with van der Waals surface area (Å²) in [6.07, 6.45) is 4.30. The lowest BCUT2D eigenvalue weighted by Crippen LogP contribution is -2.10. The van der Waals surface area contributed by atoms with E-state index in [-0.39, 0.29) is 10.6 Å². The Morgan fingerprint density at radius 2 is 2.29 bits per heavy atom. The van der Waals surface area contributed by atoms with Crippen LogP contribution in [-0.2, 0) is 13.5 Å². The van der Waals surface area contributed by atoms with Gasteiger partial charge in [0.2, 0.25) is 0 Å². The lowest BCUT2D eigenvalue weighted by atomic mass is 10.2. The molecule has 7 nitrogen and oxygen atoms in total. The first-order chi connectivity index (χ1) is 10.2. The number of benzene rings is 1. The summed E-state index contributed by atoms with van der Waals surface area (Å²) in [7, 11) is 1.92. The number of fused-ring (bicyclic) bond motifs is 1. The Morgan fingerprint density at radius 1 is 1.43 bits per heavy atom. The predicted octanol–water partition coefficient (Wildman–Crippen LogP) is 2.59. The fraction of sp³-hybridized carbons (Fsp3) is 0.231. The van der Waals surface area contributed by atoms with E-state index in [1.165, 1.54) is 11.3 Å². The molecule has 0 radical (unpaired) electrons. The van der Waals surface area contributed by atoms with Crippen LogP contribution in [-0.4, -0.2) is 26.0 Å². The molecule has 2 heterocycles. The second-order valence-corrected chi connectivity index (χ2v) is 5.44. The minimum Gasteiger partial charge on any atom is -0.379 e. The van der Waals surface area contributed by atoms with E-state index < -0.39 is 0 Å². The van der Waals surface area contributed by atoms with E-state index in [9.17, 15) is 10.1 Å². The average molecular weight is 303 g/mol. The maximum Gasteiger partial charge on any atom is 0.319 e. The number of nitrogens with one attached hydrogen (secondary N) is 1. The molecule has 0 saturated heterocycles. The first-order valence-corrected chi connectivity index (χ1v) is 7.25. The summed E-state index contributed by atoms with van der Waals surface area (Å²) in [6, 6.07) is 3.58. The van der Waals surface area contributed by atoms with Crippen molar-refractivity contribution in [2.24, 2.45) is 7.05 Å². The van der Waals surface area contributed by atoms with Crippen molar-refractivity contribution in [2.45, 2.75) is 6.42 Å². The van der Waals surface area contributed by atoms with Gasteiger partial charge in [0.15, 0.2) is 5.52 Å². The van der Waals surface area contributed by atoms with E-state index >= 15 is 0 Å². The number of nitro benzene ring substituents is 1. The Balaban J connectivity index is 1.82. The molecule has 0 fully saturated rings. The lowest BCUT2D eigenvalue weighted by Gasteiger charge is -2.07. The summed E-state index contributed by atoms with van der Waals surface area (Å²) >= 11 is 1.39. The van der Waals surface area contributed by atoms with Gasteiger partial charge < -0.3 is 9.88 Å². The van der Waals surface area contributed by atoms with E-state index in [1.54, 1.807) is 17.8 Å². The van der Waals surface area contributed by atoms with Gasteiger partial charge in [-0.1, -0.05) is 0 Å². The van der Waals surface area contributed by atoms with Gasteiger partial charge in [-0.05, 0) is 12.1 Å². The van der Waals surface area contributed by atoms with Gasteiger partial charge in [0.1, 0.15) is 11.5 Å². The molecule has 0 amide bonds. The summed E-state index contributed by atoms with van der Waals surface area (Å²) < 4.78 is 2.75. The molecule has 8 heteroatoms. The minimum absolute atomic E-state index is 0.0357. The third kappa shape index (κ3) is 2.57. The molecule has 0 aliphatic rings. The SMILES string of the molecule is Cn1ccnc1CCNc1ccc2scnc2c1[N+](=O)[O-]. The van der Waals surface area contributed by atoms with Gasteiger partial charge in [-0.2, -0.15) is 0 Å². The molecular weight excluding hydrogens is 290 g/mol. The first kappa shape index (κ1) is 13.5. The van der Waals surface area contributed by atoms with Crippen molar-refractivity contribution in [3.8, 4) is 0 Å². The molecule has 0 atom stereocenters. The van der Waals surface area contributed by atoms with E-state index in [4.69, 9.17) is 0 Å². The number of thiazole rings is 1. The lowest BCUT2D eigenvalue weighted by molar-refractivity contribution is -0.382. The second kappa shape index (κ2) is 5.49. The number of aromatic nitrogens is 3. The molecule has 3 aromatic rings. The highest BCUT2D eigenvalue weighted by Crippen LogP contribution is 2.34. The van der Waals surface area contributed by atoms with Crippen LogP contribution in [0.25, 0.3) is 10.2 Å². The summed E-state index contributed by atoms with van der Waals surface area (Å²) in [5.41, 5.74) is 2.59. The number of imidazole rings is 1. The molecule has 0 aliphatic carbocycles. The van der Waals surface area contributed by atoms with E-state index in [2.05, 4.69) is 15.3 Å². The standard InChI is InChI=1S/C13H13N5O2S/c1-17-7-6-15-11(17)4-5-14-9-2-3-10-12(16-8-21-10)13(9)18(19)20/h2-3,6-8,14H,4-5H2,1H3. The van der Waals surface area contributed by atoms with Crippen molar-refractivity contribution < 1.29 is 4.92 Å². The monoisotopic (exact) mass is 303 g/mol. The molecule has 3 rings (SSSR count). The zero-order valence-electron chi connectivity index (χ0n) is 11.3. The number of aryl methyl sites for hydroxylation is 1. The van der Waals surface area contributed by atoms with Gasteiger partial charge in [0, 0.05) is 32.4 Å². The van der Waals surface area contributed by atoms with Gasteiger partial charge in [-0.3, -0.25) is 10.1 Å². The third-order valence-corrected chi connectivity index (χ3v) is 4.04. The zero-order chi connectivity index (χ0) is 14.8. The van der Waals surface area contributed by atoms with Crippen LogP contribution in [0.5, 0.6) is 0 Å². The number of nitro groups is 1. The second-order valence-electron chi connectivity index (χ2n) is 4.55. The quantitative estimate of drug-likeness (QED) is 0.578. The summed E-state index contributed by atoms with van der Waals surface area (Å²) in [5, 5.41) is 14.4. The van der Waals surface area contributed by atoms with Crippen LogP contribution in [0.1, 0.15) is 5.82 Å². The molecule has 1 N–H and O–H groups in total. The molecular formula is C13H13N5O2S. The van der Waals surface area contributed by atoms with Crippen LogP contribution in [0.4, 0.5) is 11.4 Å². The summed E-state index contributed by atoms with van der Waals surface area (Å²) in [5.74, 6) is 0.930. The molecule has 0 bridgehead atoms. The zero-order valence-corrected chi connectivity index (χ0v) is 12.1. The van der Waals surface area contributed by atoms with Crippen LogP contribution in [0.3, 0.4) is 0 Å². The number of hydrogen-bond acceptors (Lipinski definition) is 6. The first-order valence-electron chi connectivity index (χ1n) is 6.37. The summed E-state index contributed by atoms with van der Waals surface area (Å²) in [4.78, 5) is 19.2. The molecule has 0 spiro atoms. The van der Waals surface area contributed by atoms with Crippen LogP contribution in [0, 0.1) is 10.1 Å². The number of rotatable bonds is 5. The predicted molar refractivity (Wildman–Crippen MR) is 81.7 cm³/mol. The molecule has 21 heavy (non-hydrogen) atoms. The highest BCUT2D eigenvalue weighted by Gasteiger charge is 2.20. The largest absolute Gasteiger partial charge is 0.379 e. The molecule has 0 saturated carbocycles. The maximum atomic E-state index is 11.3. The highest BCUT2D eigenvalue weighted by molar-refractivity contribution is 7.16. The van der Waals surface area contributed by atoms with E-state index in [0.29, 0.717) is 24.2 Å². The van der Waals surface area contributed by atoms with Crippen LogP contribution < -0.4 is 5.32 Å². The van der Waals surface area contributed by atoms with Crippen molar-refractivity contribution in [1.29, 1.82) is 0 Å². The van der Waals surface area contributed by atoms with Gasteiger partial charge in [-0.15, -0.1) is 11.3 Å². The van der Waals surface area contributed by atoms with Crippen molar-refractivity contribution in [1.82, 2.24) is 14.5 Å². The Labute approximate surface area is 124 Å². The Morgan fingerprint density at radius 3 is 3.00 bits per heavy atom. The molecule has 108 valence electrons. The topological polar surface area (TPSA) is 85.9 Å². The molecule has 0 unspecified atom stereocenters. The van der Waals surface area contributed by atoms with Crippen molar-refractivity contribution in [3.05, 3.63) is 46.0 Å². The number of anilines is 1. The summed E-state index contributed by atoms with van der Waals surface area (Å²) in [6.45, 7) is 0.571. The highest BCUT2D eigenvalue weighted by atomic mass is 32.1. The van der Waals surface area contributed by atoms with Gasteiger partial charge in [0.05, 0.1) is 15.1 Å². The van der Waals surface area contributed by atoms with Crippen molar-refractivity contribution in [3.63, 3.8) is 0 Å². The van der Waals surface area contributed by atoms with Gasteiger partial charge in [-0.25, -0.2) is 9.97 Å². The smallest absolute Gasteiger partial charge is 0.319 e. The number of hydrogen-bond donors (Lipinski definition) is 1. The van der Waals surface area contributed by atoms with Crippen LogP contribution in [0.2, 0.25) is 0 Å². The Hall–Kier alpha value is -2.48. The fourth-order valence-electron chi connectivity index (χ4n) is 2.19. The molecule has 2 aromatic heterocycles. The minimum atomic E-state index is -0.384. The molecule has 0 aliphatic heterocycles.